The van der Waals surface area contributed by atoms with Crippen molar-refractivity contribution in [2.24, 2.45) is 0 Å². The van der Waals surface area contributed by atoms with E-state index in [0.29, 0.717) is 49.6 Å². The summed E-state index contributed by atoms with van der Waals surface area (Å²) in [5.41, 5.74) is -1.58. The topological polar surface area (TPSA) is 85.3 Å². The summed E-state index contributed by atoms with van der Waals surface area (Å²) in [7, 11) is 0. The summed E-state index contributed by atoms with van der Waals surface area (Å²) in [6.45, 7) is 0.776. The number of aromatic nitrogens is 2. The van der Waals surface area contributed by atoms with E-state index >= 15 is 0 Å². The second-order valence-electron chi connectivity index (χ2n) is 6.98. The van der Waals surface area contributed by atoms with E-state index < -0.39 is 22.4 Å². The molecule has 1 aromatic heterocycles. The number of piperidine rings is 1. The number of halogens is 3. The molecule has 0 bridgehead atoms. The van der Waals surface area contributed by atoms with Crippen LogP contribution in [0.25, 0.3) is 0 Å². The molecule has 0 atom stereocenters. The lowest BCUT2D eigenvalue weighted by molar-refractivity contribution is -0.385. The predicted octanol–water partition coefficient (Wildman–Crippen LogP) is 4.26. The first kappa shape index (κ1) is 17.7. The van der Waals surface area contributed by atoms with Gasteiger partial charge in [0.25, 0.3) is 5.69 Å². The van der Waals surface area contributed by atoms with Crippen LogP contribution < -0.4 is 4.90 Å². The van der Waals surface area contributed by atoms with Gasteiger partial charge in [-0.1, -0.05) is 5.16 Å². The molecule has 2 fully saturated rings. The molecule has 0 N–H and O–H groups in total. The number of rotatable bonds is 4. The maximum Gasteiger partial charge on any atom is 0.418 e. The van der Waals surface area contributed by atoms with Gasteiger partial charge in [-0.05, 0) is 31.7 Å². The average molecular weight is 382 g/mol. The van der Waals surface area contributed by atoms with Gasteiger partial charge < -0.3 is 9.42 Å². The van der Waals surface area contributed by atoms with E-state index in [0.717, 1.165) is 18.9 Å². The smallest absolute Gasteiger partial charge is 0.371 e. The Kier molecular flexibility index (Phi) is 4.27. The van der Waals surface area contributed by atoms with E-state index in [1.54, 1.807) is 4.90 Å². The Bertz CT molecular complexity index is 855. The number of hydrogen-bond donors (Lipinski definition) is 0. The van der Waals surface area contributed by atoms with Crippen LogP contribution in [0.1, 0.15) is 54.8 Å². The van der Waals surface area contributed by atoms with E-state index in [-0.39, 0.29) is 11.6 Å². The molecule has 0 spiro atoms. The van der Waals surface area contributed by atoms with Crippen LogP contribution in [0.15, 0.2) is 22.7 Å². The van der Waals surface area contributed by atoms with Crippen LogP contribution >= 0.6 is 0 Å². The second kappa shape index (κ2) is 6.50. The summed E-state index contributed by atoms with van der Waals surface area (Å²) in [4.78, 5) is 16.0. The Morgan fingerprint density at radius 3 is 2.44 bits per heavy atom. The van der Waals surface area contributed by atoms with E-state index in [4.69, 9.17) is 4.52 Å². The zero-order valence-corrected chi connectivity index (χ0v) is 14.3. The summed E-state index contributed by atoms with van der Waals surface area (Å²) in [5, 5.41) is 14.9. The molecule has 1 aliphatic carbocycles. The van der Waals surface area contributed by atoms with Crippen molar-refractivity contribution in [2.75, 3.05) is 18.0 Å². The number of anilines is 1. The van der Waals surface area contributed by atoms with E-state index in [1.807, 2.05) is 0 Å². The number of alkyl halides is 3. The van der Waals surface area contributed by atoms with Crippen molar-refractivity contribution < 1.29 is 22.6 Å². The molecule has 27 heavy (non-hydrogen) atoms. The van der Waals surface area contributed by atoms with Gasteiger partial charge in [0.15, 0.2) is 5.82 Å². The number of nitrogens with zero attached hydrogens (tertiary/aromatic N) is 4. The molecule has 0 amide bonds. The number of hydrogen-bond acceptors (Lipinski definition) is 6. The highest BCUT2D eigenvalue weighted by Crippen LogP contribution is 2.42. The standard InChI is InChI=1S/C17H17F3N4O3/c18-17(19,20)13-9-12(24(25)26)3-4-14(13)23-7-5-10(6-8-23)15-21-16(27-22-15)11-1-2-11/h3-4,9-11H,1-2,5-8H2. The molecule has 10 heteroatoms. The SMILES string of the molecule is O=[N+]([O-])c1ccc(N2CCC(c3noc(C4CC4)n3)CC2)c(C(F)(F)F)c1. The van der Waals surface area contributed by atoms with Crippen molar-refractivity contribution in [2.45, 2.75) is 43.7 Å². The second-order valence-corrected chi connectivity index (χ2v) is 6.98. The van der Waals surface area contributed by atoms with Crippen LogP contribution in [0.4, 0.5) is 24.5 Å². The van der Waals surface area contributed by atoms with Crippen LogP contribution in [0.2, 0.25) is 0 Å². The molecule has 2 aliphatic rings. The van der Waals surface area contributed by atoms with E-state index in [9.17, 15) is 23.3 Å². The normalized spacial score (nSPS) is 18.7. The van der Waals surface area contributed by atoms with Gasteiger partial charge in [-0.25, -0.2) is 0 Å². The van der Waals surface area contributed by atoms with Gasteiger partial charge in [-0.3, -0.25) is 10.1 Å². The first-order valence-electron chi connectivity index (χ1n) is 8.77. The molecule has 2 aromatic rings. The highest BCUT2D eigenvalue weighted by atomic mass is 19.4. The number of benzene rings is 1. The zero-order chi connectivity index (χ0) is 19.2. The lowest BCUT2D eigenvalue weighted by atomic mass is 9.95. The first-order chi connectivity index (χ1) is 12.8. The fraction of sp³-hybridized carbons (Fsp3) is 0.529. The molecular formula is C17H17F3N4O3. The third kappa shape index (κ3) is 3.60. The maximum absolute atomic E-state index is 13.4. The minimum atomic E-state index is -4.66. The molecule has 0 radical (unpaired) electrons. The van der Waals surface area contributed by atoms with Gasteiger partial charge in [-0.2, -0.15) is 18.2 Å². The van der Waals surface area contributed by atoms with Crippen molar-refractivity contribution >= 4 is 11.4 Å². The summed E-state index contributed by atoms with van der Waals surface area (Å²) >= 11 is 0. The number of nitro groups is 1. The van der Waals surface area contributed by atoms with Crippen LogP contribution in [-0.4, -0.2) is 28.2 Å². The minimum Gasteiger partial charge on any atom is -0.371 e. The van der Waals surface area contributed by atoms with Crippen molar-refractivity contribution in [1.29, 1.82) is 0 Å². The Labute approximate surface area is 152 Å². The van der Waals surface area contributed by atoms with Crippen LogP contribution in [0.5, 0.6) is 0 Å². The molecule has 4 rings (SSSR count). The molecule has 144 valence electrons. The fourth-order valence-corrected chi connectivity index (χ4v) is 3.43. The van der Waals surface area contributed by atoms with Crippen LogP contribution in [0.3, 0.4) is 0 Å². The van der Waals surface area contributed by atoms with Crippen molar-refractivity contribution in [3.8, 4) is 0 Å². The highest BCUT2D eigenvalue weighted by Gasteiger charge is 2.38. The lowest BCUT2D eigenvalue weighted by Gasteiger charge is -2.33. The van der Waals surface area contributed by atoms with E-state index in [1.165, 1.54) is 6.07 Å². The molecule has 1 aliphatic heterocycles. The molecule has 1 aromatic carbocycles. The predicted molar refractivity (Wildman–Crippen MR) is 88.6 cm³/mol. The van der Waals surface area contributed by atoms with Crippen LogP contribution in [0, 0.1) is 10.1 Å². The van der Waals surface area contributed by atoms with Gasteiger partial charge in [-0.15, -0.1) is 0 Å². The van der Waals surface area contributed by atoms with Gasteiger partial charge in [0.2, 0.25) is 5.89 Å². The largest absolute Gasteiger partial charge is 0.418 e. The third-order valence-electron chi connectivity index (χ3n) is 5.08. The van der Waals surface area contributed by atoms with Crippen LogP contribution in [-0.2, 0) is 6.18 Å². The molecule has 2 heterocycles. The highest BCUT2D eigenvalue weighted by molar-refractivity contribution is 5.59. The summed E-state index contributed by atoms with van der Waals surface area (Å²) in [6.07, 6.45) is -1.36. The molecule has 1 saturated carbocycles. The quantitative estimate of drug-likeness (QED) is 0.580. The van der Waals surface area contributed by atoms with E-state index in [2.05, 4.69) is 10.1 Å². The molecule has 0 unspecified atom stereocenters. The van der Waals surface area contributed by atoms with Crippen molar-refractivity contribution in [3.63, 3.8) is 0 Å². The van der Waals surface area contributed by atoms with Gasteiger partial charge in [0.1, 0.15) is 0 Å². The average Bonchev–Trinajstić information content (AvgIpc) is 3.37. The van der Waals surface area contributed by atoms with Gasteiger partial charge in [0.05, 0.1) is 10.5 Å². The van der Waals surface area contributed by atoms with Crippen molar-refractivity contribution in [1.82, 2.24) is 10.1 Å². The van der Waals surface area contributed by atoms with Crippen molar-refractivity contribution in [3.05, 3.63) is 45.6 Å². The molecule has 1 saturated heterocycles. The third-order valence-corrected chi connectivity index (χ3v) is 5.08. The fourth-order valence-electron chi connectivity index (χ4n) is 3.43. The lowest BCUT2D eigenvalue weighted by Crippen LogP contribution is -2.34. The Balaban J connectivity index is 1.50. The Morgan fingerprint density at radius 1 is 1.15 bits per heavy atom. The summed E-state index contributed by atoms with van der Waals surface area (Å²) in [5.74, 6) is 1.68. The summed E-state index contributed by atoms with van der Waals surface area (Å²) < 4.78 is 45.4. The Hall–Kier alpha value is -2.65. The monoisotopic (exact) mass is 382 g/mol. The Morgan fingerprint density at radius 2 is 1.85 bits per heavy atom. The van der Waals surface area contributed by atoms with Gasteiger partial charge >= 0.3 is 6.18 Å². The first-order valence-corrected chi connectivity index (χ1v) is 8.77. The number of nitro benzene ring substituents is 1. The minimum absolute atomic E-state index is 0.0293. The maximum atomic E-state index is 13.4. The molecule has 7 nitrogen and oxygen atoms in total. The number of non-ortho nitro benzene ring substituents is 1. The summed E-state index contributed by atoms with van der Waals surface area (Å²) in [6, 6.07) is 2.89. The molecular weight excluding hydrogens is 365 g/mol. The zero-order valence-electron chi connectivity index (χ0n) is 14.3. The van der Waals surface area contributed by atoms with Gasteiger partial charge in [0, 0.05) is 42.7 Å².